The molecule has 3 heteroatoms. The molecule has 2 aliphatic rings. The summed E-state index contributed by atoms with van der Waals surface area (Å²) in [6, 6.07) is 16.1. The van der Waals surface area contributed by atoms with Gasteiger partial charge in [0.15, 0.2) is 17.3 Å². The van der Waals surface area contributed by atoms with Gasteiger partial charge in [-0.05, 0) is 47.2 Å². The van der Waals surface area contributed by atoms with Crippen molar-refractivity contribution >= 4 is 11.4 Å². The zero-order valence-electron chi connectivity index (χ0n) is 13.7. The molecule has 1 unspecified atom stereocenters. The van der Waals surface area contributed by atoms with Crippen molar-refractivity contribution in [3.05, 3.63) is 65.2 Å². The molecule has 0 saturated carbocycles. The first-order valence-corrected chi connectivity index (χ1v) is 8.49. The molecule has 1 aliphatic heterocycles. The number of carbonyl (C=O) groups excluding carboxylic acids is 1. The first-order valence-electron chi connectivity index (χ1n) is 8.49. The molecular weight excluding hydrogens is 300 g/mol. The van der Waals surface area contributed by atoms with E-state index in [1.807, 2.05) is 36.4 Å². The molecule has 0 spiro atoms. The predicted molar refractivity (Wildman–Crippen MR) is 93.2 cm³/mol. The van der Waals surface area contributed by atoms with Gasteiger partial charge in [-0.15, -0.1) is 0 Å². The van der Waals surface area contributed by atoms with Crippen LogP contribution >= 0.6 is 0 Å². The van der Waals surface area contributed by atoms with Gasteiger partial charge in [0.1, 0.15) is 0 Å². The van der Waals surface area contributed by atoms with Gasteiger partial charge in [0, 0.05) is 0 Å². The molecule has 2 aromatic carbocycles. The lowest BCUT2D eigenvalue weighted by molar-refractivity contribution is -0.116. The minimum absolute atomic E-state index is 0.0619. The van der Waals surface area contributed by atoms with E-state index in [0.717, 1.165) is 53.0 Å². The Morgan fingerprint density at radius 3 is 2.62 bits per heavy atom. The van der Waals surface area contributed by atoms with E-state index in [1.54, 1.807) is 0 Å². The predicted octanol–water partition coefficient (Wildman–Crippen LogP) is 4.73. The smallest absolute Gasteiger partial charge is 0.231 e. The highest BCUT2D eigenvalue weighted by Gasteiger charge is 2.34. The summed E-state index contributed by atoms with van der Waals surface area (Å²) in [4.78, 5) is 13.0. The van der Waals surface area contributed by atoms with Gasteiger partial charge in [0.25, 0.3) is 0 Å². The number of Topliss-reactive ketones (excluding diaryl/α,β-unsaturated/α-hetero) is 1. The minimum atomic E-state index is -0.0619. The van der Waals surface area contributed by atoms with Crippen molar-refractivity contribution < 1.29 is 14.3 Å². The highest BCUT2D eigenvalue weighted by Crippen LogP contribution is 2.44. The fraction of sp³-hybridized carbons (Fsp3) is 0.286. The Balaban J connectivity index is 1.73. The molecule has 2 aromatic rings. The van der Waals surface area contributed by atoms with Gasteiger partial charge < -0.3 is 9.47 Å². The first-order chi connectivity index (χ1) is 11.8. The molecule has 0 aromatic heterocycles. The molecule has 1 atom stereocenters. The minimum Gasteiger partial charge on any atom is -0.454 e. The summed E-state index contributed by atoms with van der Waals surface area (Å²) in [7, 11) is 0. The Labute approximate surface area is 141 Å². The lowest BCUT2D eigenvalue weighted by atomic mass is 9.93. The number of hydrogen-bond acceptors (Lipinski definition) is 3. The number of benzene rings is 2. The fourth-order valence-electron chi connectivity index (χ4n) is 3.63. The average molecular weight is 320 g/mol. The van der Waals surface area contributed by atoms with Crippen LogP contribution in [-0.4, -0.2) is 12.6 Å². The second-order valence-electron chi connectivity index (χ2n) is 6.31. The number of hydrogen-bond donors (Lipinski definition) is 0. The number of ether oxygens (including phenoxy) is 2. The highest BCUT2D eigenvalue weighted by molar-refractivity contribution is 6.11. The van der Waals surface area contributed by atoms with Gasteiger partial charge in [-0.3, -0.25) is 4.79 Å². The molecule has 1 heterocycles. The van der Waals surface area contributed by atoms with Crippen LogP contribution in [0.15, 0.2) is 54.1 Å². The fourth-order valence-corrected chi connectivity index (χ4v) is 3.63. The van der Waals surface area contributed by atoms with Crippen molar-refractivity contribution in [2.75, 3.05) is 6.79 Å². The molecule has 4 rings (SSSR count). The van der Waals surface area contributed by atoms with E-state index >= 15 is 0 Å². The van der Waals surface area contributed by atoms with Crippen molar-refractivity contribution in [3.8, 4) is 11.5 Å². The van der Waals surface area contributed by atoms with Gasteiger partial charge in [-0.1, -0.05) is 49.7 Å². The second-order valence-corrected chi connectivity index (χ2v) is 6.31. The number of carbonyl (C=O) groups is 1. The van der Waals surface area contributed by atoms with Crippen molar-refractivity contribution in [2.45, 2.75) is 32.1 Å². The standard InChI is InChI=1S/C21H20O3/c1-2-6-16-17(15-9-10-19-20(11-15)24-13-23-19)12-18(21(16)22)14-7-4-3-5-8-14/h3-5,7-11,18H,2,6,12-13H2,1H3. The van der Waals surface area contributed by atoms with Crippen molar-refractivity contribution in [3.63, 3.8) is 0 Å². The molecule has 0 N–H and O–H groups in total. The Bertz CT molecular complexity index is 805. The summed E-state index contributed by atoms with van der Waals surface area (Å²) in [5.74, 6) is 1.76. The van der Waals surface area contributed by atoms with E-state index in [9.17, 15) is 4.79 Å². The van der Waals surface area contributed by atoms with E-state index in [4.69, 9.17) is 9.47 Å². The molecule has 0 fully saturated rings. The summed E-state index contributed by atoms with van der Waals surface area (Å²) in [5, 5.41) is 0. The molecule has 1 aliphatic carbocycles. The lowest BCUT2D eigenvalue weighted by Gasteiger charge is -2.09. The number of allylic oxidation sites excluding steroid dienone is 2. The Hall–Kier alpha value is -2.55. The Morgan fingerprint density at radius 2 is 1.83 bits per heavy atom. The Kier molecular flexibility index (Phi) is 3.85. The van der Waals surface area contributed by atoms with Gasteiger partial charge in [0.2, 0.25) is 6.79 Å². The largest absolute Gasteiger partial charge is 0.454 e. The maximum Gasteiger partial charge on any atom is 0.231 e. The normalized spacial score (nSPS) is 19.2. The maximum atomic E-state index is 13.0. The number of rotatable bonds is 4. The summed E-state index contributed by atoms with van der Waals surface area (Å²) < 4.78 is 10.9. The summed E-state index contributed by atoms with van der Waals surface area (Å²) in [6.45, 7) is 2.39. The quantitative estimate of drug-likeness (QED) is 0.817. The van der Waals surface area contributed by atoms with Crippen LogP contribution in [0.3, 0.4) is 0 Å². The van der Waals surface area contributed by atoms with E-state index in [1.165, 1.54) is 0 Å². The second kappa shape index (κ2) is 6.16. The SMILES string of the molecule is CCCC1=C(c2ccc3c(c2)OCO3)CC(c2ccccc2)C1=O. The monoisotopic (exact) mass is 320 g/mol. The van der Waals surface area contributed by atoms with Crippen LogP contribution in [0, 0.1) is 0 Å². The zero-order valence-corrected chi connectivity index (χ0v) is 13.7. The Morgan fingerprint density at radius 1 is 1.04 bits per heavy atom. The third kappa shape index (κ3) is 2.50. The lowest BCUT2D eigenvalue weighted by Crippen LogP contribution is -2.08. The van der Waals surface area contributed by atoms with Crippen LogP contribution < -0.4 is 9.47 Å². The van der Waals surface area contributed by atoms with Crippen LogP contribution in [-0.2, 0) is 4.79 Å². The van der Waals surface area contributed by atoms with Crippen LogP contribution in [0.5, 0.6) is 11.5 Å². The van der Waals surface area contributed by atoms with E-state index in [2.05, 4.69) is 19.1 Å². The summed E-state index contributed by atoms with van der Waals surface area (Å²) >= 11 is 0. The number of fused-ring (bicyclic) bond motifs is 1. The van der Waals surface area contributed by atoms with Gasteiger partial charge >= 0.3 is 0 Å². The van der Waals surface area contributed by atoms with Crippen LogP contribution in [0.2, 0.25) is 0 Å². The van der Waals surface area contributed by atoms with E-state index < -0.39 is 0 Å². The molecule has 0 saturated heterocycles. The molecule has 3 nitrogen and oxygen atoms in total. The third-order valence-corrected chi connectivity index (χ3v) is 4.81. The molecule has 24 heavy (non-hydrogen) atoms. The average Bonchev–Trinajstić information content (AvgIpc) is 3.21. The molecule has 0 radical (unpaired) electrons. The zero-order chi connectivity index (χ0) is 16.5. The maximum absolute atomic E-state index is 13.0. The number of ketones is 1. The van der Waals surface area contributed by atoms with E-state index in [0.29, 0.717) is 0 Å². The van der Waals surface area contributed by atoms with Crippen LogP contribution in [0.25, 0.3) is 5.57 Å². The highest BCUT2D eigenvalue weighted by atomic mass is 16.7. The van der Waals surface area contributed by atoms with Gasteiger partial charge in [0.05, 0.1) is 5.92 Å². The molecule has 122 valence electrons. The van der Waals surface area contributed by atoms with Crippen molar-refractivity contribution in [1.29, 1.82) is 0 Å². The molecular formula is C21H20O3. The van der Waals surface area contributed by atoms with Crippen LogP contribution in [0.4, 0.5) is 0 Å². The summed E-state index contributed by atoms with van der Waals surface area (Å²) in [6.07, 6.45) is 2.56. The summed E-state index contributed by atoms with van der Waals surface area (Å²) in [5.41, 5.74) is 4.32. The van der Waals surface area contributed by atoms with Crippen LogP contribution in [0.1, 0.15) is 43.2 Å². The van der Waals surface area contributed by atoms with Gasteiger partial charge in [-0.25, -0.2) is 0 Å². The third-order valence-electron chi connectivity index (χ3n) is 4.81. The first kappa shape index (κ1) is 15.0. The van der Waals surface area contributed by atoms with Crippen molar-refractivity contribution in [1.82, 2.24) is 0 Å². The molecule has 0 amide bonds. The van der Waals surface area contributed by atoms with Gasteiger partial charge in [-0.2, -0.15) is 0 Å². The topological polar surface area (TPSA) is 35.5 Å². The molecule has 0 bridgehead atoms. The van der Waals surface area contributed by atoms with Crippen molar-refractivity contribution in [2.24, 2.45) is 0 Å². The van der Waals surface area contributed by atoms with E-state index in [-0.39, 0.29) is 18.5 Å².